The third-order valence-corrected chi connectivity index (χ3v) is 4.57. The second kappa shape index (κ2) is 8.47. The number of hydrogen-bond donors (Lipinski definition) is 1. The first-order chi connectivity index (χ1) is 14.2. The van der Waals surface area contributed by atoms with Gasteiger partial charge in [-0.1, -0.05) is 42.5 Å². The summed E-state index contributed by atoms with van der Waals surface area (Å²) in [5, 5.41) is 12.6. The van der Waals surface area contributed by atoms with Crippen LogP contribution in [0.5, 0.6) is 0 Å². The van der Waals surface area contributed by atoms with E-state index in [-0.39, 0.29) is 18.2 Å². The normalized spacial score (nSPS) is 13.9. The topological polar surface area (TPSA) is 92.5 Å². The number of carbonyl (C=O) groups is 2. The average molecular weight is 388 g/mol. The summed E-state index contributed by atoms with van der Waals surface area (Å²) >= 11 is 0. The van der Waals surface area contributed by atoms with E-state index < -0.39 is 0 Å². The van der Waals surface area contributed by atoms with Crippen LogP contribution in [-0.4, -0.2) is 37.3 Å². The van der Waals surface area contributed by atoms with Gasteiger partial charge in [0.2, 0.25) is 5.91 Å². The van der Waals surface area contributed by atoms with Crippen molar-refractivity contribution in [1.82, 2.24) is 19.8 Å². The molecule has 2 heterocycles. The first-order valence-corrected chi connectivity index (χ1v) is 9.32. The fraction of sp³-hybridized carbons (Fsp3) is 0.190. The van der Waals surface area contributed by atoms with Crippen molar-refractivity contribution in [2.75, 3.05) is 5.32 Å². The van der Waals surface area contributed by atoms with Gasteiger partial charge in [0.15, 0.2) is 0 Å². The van der Waals surface area contributed by atoms with Crippen molar-refractivity contribution in [3.8, 4) is 0 Å². The molecule has 1 aromatic heterocycles. The molecule has 0 fully saturated rings. The predicted molar refractivity (Wildman–Crippen MR) is 108 cm³/mol. The van der Waals surface area contributed by atoms with E-state index in [4.69, 9.17) is 0 Å². The van der Waals surface area contributed by atoms with Crippen molar-refractivity contribution < 1.29 is 9.59 Å². The summed E-state index contributed by atoms with van der Waals surface area (Å²) in [4.78, 5) is 28.7. The molecule has 0 unspecified atom stereocenters. The van der Waals surface area contributed by atoms with Crippen LogP contribution in [0.2, 0.25) is 0 Å². The predicted octanol–water partition coefficient (Wildman–Crippen LogP) is 2.44. The van der Waals surface area contributed by atoms with Crippen molar-refractivity contribution >= 4 is 23.2 Å². The molecule has 4 rings (SSSR count). The van der Waals surface area contributed by atoms with Crippen LogP contribution in [-0.2, 0) is 22.7 Å². The van der Waals surface area contributed by atoms with Crippen LogP contribution in [0.15, 0.2) is 72.4 Å². The maximum Gasteiger partial charge on any atom is 0.271 e. The Balaban J connectivity index is 1.40. The van der Waals surface area contributed by atoms with Gasteiger partial charge in [-0.05, 0) is 23.3 Å². The lowest BCUT2D eigenvalue weighted by Gasteiger charge is -2.23. The van der Waals surface area contributed by atoms with Crippen molar-refractivity contribution in [3.05, 3.63) is 78.4 Å². The number of hydrazone groups is 1. The second-order valence-corrected chi connectivity index (χ2v) is 6.73. The fourth-order valence-corrected chi connectivity index (χ4v) is 3.04. The lowest BCUT2D eigenvalue weighted by Crippen LogP contribution is -2.36. The highest BCUT2D eigenvalue weighted by molar-refractivity contribution is 6.43. The van der Waals surface area contributed by atoms with Crippen LogP contribution in [0.25, 0.3) is 0 Å². The Kier molecular flexibility index (Phi) is 5.42. The van der Waals surface area contributed by atoms with Gasteiger partial charge in [0.25, 0.3) is 5.91 Å². The summed E-state index contributed by atoms with van der Waals surface area (Å²) in [5.41, 5.74) is 3.04. The van der Waals surface area contributed by atoms with Crippen LogP contribution >= 0.6 is 0 Å². The zero-order valence-corrected chi connectivity index (χ0v) is 15.7. The summed E-state index contributed by atoms with van der Waals surface area (Å²) in [6.07, 6.45) is 3.75. The van der Waals surface area contributed by atoms with Crippen molar-refractivity contribution in [1.29, 1.82) is 0 Å². The van der Waals surface area contributed by atoms with E-state index in [1.165, 1.54) is 11.3 Å². The van der Waals surface area contributed by atoms with Crippen LogP contribution < -0.4 is 5.32 Å². The van der Waals surface area contributed by atoms with Crippen LogP contribution in [0, 0.1) is 0 Å². The molecule has 0 radical (unpaired) electrons. The number of aromatic nitrogens is 3. The van der Waals surface area contributed by atoms with Crippen molar-refractivity contribution in [2.45, 2.75) is 25.9 Å². The molecule has 0 saturated carbocycles. The summed E-state index contributed by atoms with van der Waals surface area (Å²) in [6, 6.07) is 17.1. The maximum atomic E-state index is 12.6. The highest BCUT2D eigenvalue weighted by Crippen LogP contribution is 2.16. The lowest BCUT2D eigenvalue weighted by molar-refractivity contribution is -0.132. The monoisotopic (exact) mass is 388 g/mol. The van der Waals surface area contributed by atoms with E-state index in [1.54, 1.807) is 11.0 Å². The van der Waals surface area contributed by atoms with E-state index in [9.17, 15) is 9.59 Å². The van der Waals surface area contributed by atoms with Gasteiger partial charge in [-0.15, -0.1) is 0 Å². The molecule has 0 spiro atoms. The number of rotatable bonds is 6. The molecule has 1 N–H and O–H groups in total. The fourth-order valence-electron chi connectivity index (χ4n) is 3.04. The Morgan fingerprint density at radius 2 is 1.72 bits per heavy atom. The minimum absolute atomic E-state index is 0.0807. The molecule has 2 amide bonds. The molecule has 29 heavy (non-hydrogen) atoms. The first-order valence-electron chi connectivity index (χ1n) is 9.32. The molecule has 8 heteroatoms. The molecule has 0 saturated heterocycles. The third kappa shape index (κ3) is 4.73. The number of hydrogen-bond acceptors (Lipinski definition) is 5. The minimum atomic E-state index is -0.292. The number of benzene rings is 2. The first kappa shape index (κ1) is 18.5. The molecule has 3 aromatic rings. The molecule has 0 atom stereocenters. The van der Waals surface area contributed by atoms with E-state index in [0.29, 0.717) is 30.9 Å². The van der Waals surface area contributed by atoms with Crippen molar-refractivity contribution in [2.24, 2.45) is 5.10 Å². The van der Waals surface area contributed by atoms with E-state index in [0.717, 1.165) is 11.1 Å². The third-order valence-electron chi connectivity index (χ3n) is 4.57. The quantitative estimate of drug-likeness (QED) is 0.702. The van der Waals surface area contributed by atoms with Crippen molar-refractivity contribution in [3.63, 3.8) is 0 Å². The molecule has 0 bridgehead atoms. The highest BCUT2D eigenvalue weighted by atomic mass is 16.2. The SMILES string of the molecule is O=C(Nc1ccc(Cn2cncn2)cc1)C1=NN(Cc2ccccc2)C(=O)CC1. The highest BCUT2D eigenvalue weighted by Gasteiger charge is 2.24. The summed E-state index contributed by atoms with van der Waals surface area (Å²) in [6.45, 7) is 0.963. The summed E-state index contributed by atoms with van der Waals surface area (Å²) < 4.78 is 1.72. The lowest BCUT2D eigenvalue weighted by atomic mass is 10.1. The number of nitrogens with one attached hydrogen (secondary N) is 1. The summed E-state index contributed by atoms with van der Waals surface area (Å²) in [7, 11) is 0. The van der Waals surface area contributed by atoms with Gasteiger partial charge in [0.05, 0.1) is 13.1 Å². The molecule has 2 aromatic carbocycles. The molecule has 1 aliphatic heterocycles. The molecular formula is C21H20N6O2. The minimum Gasteiger partial charge on any atom is -0.321 e. The van der Waals surface area contributed by atoms with Crippen LogP contribution in [0.1, 0.15) is 24.0 Å². The van der Waals surface area contributed by atoms with Gasteiger partial charge in [-0.25, -0.2) is 14.7 Å². The number of nitrogens with zero attached hydrogens (tertiary/aromatic N) is 5. The Labute approximate surface area is 167 Å². The van der Waals surface area contributed by atoms with Gasteiger partial charge in [-0.3, -0.25) is 9.59 Å². The van der Waals surface area contributed by atoms with Gasteiger partial charge in [-0.2, -0.15) is 10.2 Å². The van der Waals surface area contributed by atoms with Gasteiger partial charge in [0, 0.05) is 18.5 Å². The maximum absolute atomic E-state index is 12.6. The van der Waals surface area contributed by atoms with Crippen LogP contribution in [0.4, 0.5) is 5.69 Å². The van der Waals surface area contributed by atoms with Gasteiger partial charge < -0.3 is 5.32 Å². The van der Waals surface area contributed by atoms with E-state index in [1.807, 2.05) is 54.6 Å². The largest absolute Gasteiger partial charge is 0.321 e. The Bertz CT molecular complexity index is 1010. The number of carbonyl (C=O) groups excluding carboxylic acids is 2. The zero-order valence-electron chi connectivity index (χ0n) is 15.7. The molecule has 1 aliphatic rings. The zero-order chi connectivity index (χ0) is 20.1. The smallest absolute Gasteiger partial charge is 0.271 e. The van der Waals surface area contributed by atoms with E-state index >= 15 is 0 Å². The molecule has 146 valence electrons. The standard InChI is InChI=1S/C21H20N6O2/c28-20-11-10-19(25-27(20)13-16-4-2-1-3-5-16)21(29)24-18-8-6-17(7-9-18)12-26-15-22-14-23-26/h1-9,14-15H,10-13H2,(H,24,29). The second-order valence-electron chi connectivity index (χ2n) is 6.73. The molecule has 8 nitrogen and oxygen atoms in total. The Morgan fingerprint density at radius 1 is 0.966 bits per heavy atom. The number of amides is 2. The van der Waals surface area contributed by atoms with E-state index in [2.05, 4.69) is 20.5 Å². The van der Waals surface area contributed by atoms with Gasteiger partial charge in [0.1, 0.15) is 18.4 Å². The average Bonchev–Trinajstić information content (AvgIpc) is 3.25. The molecule has 0 aliphatic carbocycles. The Morgan fingerprint density at radius 3 is 2.45 bits per heavy atom. The Hall–Kier alpha value is -3.81. The summed E-state index contributed by atoms with van der Waals surface area (Å²) in [5.74, 6) is -0.373. The van der Waals surface area contributed by atoms with Crippen LogP contribution in [0.3, 0.4) is 0 Å². The van der Waals surface area contributed by atoms with Gasteiger partial charge >= 0.3 is 0 Å². The number of anilines is 1. The molecular weight excluding hydrogens is 368 g/mol.